The van der Waals surface area contributed by atoms with Crippen molar-refractivity contribution < 1.29 is 9.84 Å². The number of aryl methyl sites for hydroxylation is 1. The first kappa shape index (κ1) is 11.5. The molecule has 1 aromatic carbocycles. The largest absolute Gasteiger partial charge is 0.507 e. The van der Waals surface area contributed by atoms with Gasteiger partial charge in [0.1, 0.15) is 23.1 Å². The van der Waals surface area contributed by atoms with Gasteiger partial charge in [0.25, 0.3) is 0 Å². The van der Waals surface area contributed by atoms with E-state index in [0.29, 0.717) is 6.42 Å². The molecule has 1 aromatic rings. The van der Waals surface area contributed by atoms with E-state index in [-0.39, 0.29) is 17.4 Å². The van der Waals surface area contributed by atoms with E-state index in [0.717, 1.165) is 41.7 Å². The van der Waals surface area contributed by atoms with E-state index < -0.39 is 0 Å². The maximum atomic E-state index is 11.1. The van der Waals surface area contributed by atoms with Crippen molar-refractivity contribution in [3.8, 4) is 11.5 Å². The van der Waals surface area contributed by atoms with Crippen LogP contribution in [-0.2, 0) is 0 Å². The van der Waals surface area contributed by atoms with Gasteiger partial charge in [0.05, 0.1) is 0 Å². The predicted octanol–water partition coefficient (Wildman–Crippen LogP) is 3.52. The van der Waals surface area contributed by atoms with Crippen LogP contribution in [0.15, 0.2) is 11.2 Å². The Morgan fingerprint density at radius 1 is 1.44 bits per heavy atom. The molecule has 0 saturated heterocycles. The summed E-state index contributed by atoms with van der Waals surface area (Å²) in [6.45, 7) is 3.67. The lowest BCUT2D eigenvalue weighted by atomic mass is 9.72. The Morgan fingerprint density at radius 3 is 2.72 bits per heavy atom. The third kappa shape index (κ3) is 1.44. The van der Waals surface area contributed by atoms with Crippen LogP contribution in [0.25, 0.3) is 0 Å². The fourth-order valence-electron chi connectivity index (χ4n) is 3.15. The molecule has 1 aliphatic heterocycles. The topological polar surface area (TPSA) is 58.9 Å². The van der Waals surface area contributed by atoms with Crippen LogP contribution in [0.4, 0.5) is 0 Å². The first-order valence-corrected chi connectivity index (χ1v) is 6.41. The van der Waals surface area contributed by atoms with Crippen molar-refractivity contribution >= 4 is 0 Å². The van der Waals surface area contributed by atoms with E-state index in [1.807, 2.05) is 19.9 Å². The minimum Gasteiger partial charge on any atom is -0.507 e. The van der Waals surface area contributed by atoms with Crippen molar-refractivity contribution in [2.45, 2.75) is 51.2 Å². The Kier molecular flexibility index (Phi) is 2.37. The summed E-state index contributed by atoms with van der Waals surface area (Å²) in [6.07, 6.45) is 3.79. The van der Waals surface area contributed by atoms with Crippen molar-refractivity contribution in [3.63, 3.8) is 0 Å². The molecular weight excluding hydrogens is 230 g/mol. The third-order valence-corrected chi connectivity index (χ3v) is 4.36. The number of benzene rings is 1. The van der Waals surface area contributed by atoms with Crippen LogP contribution in [0.3, 0.4) is 0 Å². The standard InChI is InChI=1S/C14H17NO3/c1-8-6-11-12(9(2)13(8)16)10(15-17)7-14(18-11)4-3-5-14/h6,10,16H,3-5,7H2,1-2H3. The minimum atomic E-state index is -0.388. The summed E-state index contributed by atoms with van der Waals surface area (Å²) in [5.74, 6) is 0.980. The maximum absolute atomic E-state index is 11.1. The molecule has 1 fully saturated rings. The Morgan fingerprint density at radius 2 is 2.17 bits per heavy atom. The molecule has 3 rings (SSSR count). The van der Waals surface area contributed by atoms with Gasteiger partial charge in [-0.2, -0.15) is 4.91 Å². The Balaban J connectivity index is 2.14. The third-order valence-electron chi connectivity index (χ3n) is 4.36. The van der Waals surface area contributed by atoms with Gasteiger partial charge in [-0.3, -0.25) is 0 Å². The van der Waals surface area contributed by atoms with Crippen LogP contribution in [0, 0.1) is 18.8 Å². The summed E-state index contributed by atoms with van der Waals surface area (Å²) < 4.78 is 6.09. The SMILES string of the molecule is Cc1cc2c(c(C)c1O)C(N=O)CC1(CCC1)O2. The quantitative estimate of drug-likeness (QED) is 0.772. The Labute approximate surface area is 106 Å². The molecule has 1 unspecified atom stereocenters. The predicted molar refractivity (Wildman–Crippen MR) is 67.9 cm³/mol. The van der Waals surface area contributed by atoms with Crippen LogP contribution in [0.5, 0.6) is 11.5 Å². The number of fused-ring (bicyclic) bond motifs is 1. The number of rotatable bonds is 1. The summed E-state index contributed by atoms with van der Waals surface area (Å²) in [5, 5.41) is 13.2. The summed E-state index contributed by atoms with van der Waals surface area (Å²) in [6, 6.07) is 1.44. The zero-order chi connectivity index (χ0) is 12.9. The van der Waals surface area contributed by atoms with Gasteiger partial charge < -0.3 is 9.84 Å². The fourth-order valence-corrected chi connectivity index (χ4v) is 3.15. The highest BCUT2D eigenvalue weighted by atomic mass is 16.5. The van der Waals surface area contributed by atoms with Crippen molar-refractivity contribution in [1.29, 1.82) is 0 Å². The number of nitrogens with zero attached hydrogens (tertiary/aromatic N) is 1. The number of aromatic hydroxyl groups is 1. The highest BCUT2D eigenvalue weighted by Gasteiger charge is 2.47. The van der Waals surface area contributed by atoms with Crippen molar-refractivity contribution in [2.24, 2.45) is 5.18 Å². The number of hydrogen-bond donors (Lipinski definition) is 1. The molecule has 96 valence electrons. The lowest BCUT2D eigenvalue weighted by Crippen LogP contribution is -2.46. The second kappa shape index (κ2) is 3.70. The molecule has 1 aliphatic carbocycles. The molecule has 0 bridgehead atoms. The summed E-state index contributed by atoms with van der Waals surface area (Å²) in [7, 11) is 0. The number of phenols is 1. The van der Waals surface area contributed by atoms with Crippen molar-refractivity contribution in [3.05, 3.63) is 27.7 Å². The molecule has 1 heterocycles. The molecule has 1 atom stereocenters. The van der Waals surface area contributed by atoms with Crippen LogP contribution in [0.2, 0.25) is 0 Å². The molecule has 4 nitrogen and oxygen atoms in total. The van der Waals surface area contributed by atoms with Gasteiger partial charge in [0, 0.05) is 17.5 Å². The van der Waals surface area contributed by atoms with Crippen LogP contribution in [0.1, 0.15) is 48.4 Å². The first-order chi connectivity index (χ1) is 8.56. The van der Waals surface area contributed by atoms with Gasteiger partial charge in [-0.25, -0.2) is 0 Å². The highest BCUT2D eigenvalue weighted by molar-refractivity contribution is 5.54. The number of hydrogen-bond acceptors (Lipinski definition) is 4. The minimum absolute atomic E-state index is 0.179. The van der Waals surface area contributed by atoms with Gasteiger partial charge in [-0.05, 0) is 44.7 Å². The van der Waals surface area contributed by atoms with E-state index >= 15 is 0 Å². The summed E-state index contributed by atoms with van der Waals surface area (Å²) >= 11 is 0. The fraction of sp³-hybridized carbons (Fsp3) is 0.571. The van der Waals surface area contributed by atoms with E-state index in [4.69, 9.17) is 4.74 Å². The maximum Gasteiger partial charge on any atom is 0.126 e. The number of ether oxygens (including phenoxy) is 1. The number of nitroso groups, excluding NO2 is 1. The molecule has 2 aliphatic rings. The smallest absolute Gasteiger partial charge is 0.126 e. The molecule has 18 heavy (non-hydrogen) atoms. The van der Waals surface area contributed by atoms with E-state index in [1.165, 1.54) is 0 Å². The van der Waals surface area contributed by atoms with Gasteiger partial charge >= 0.3 is 0 Å². The molecule has 1 N–H and O–H groups in total. The highest BCUT2D eigenvalue weighted by Crippen LogP contribution is 2.52. The molecular formula is C14H17NO3. The zero-order valence-electron chi connectivity index (χ0n) is 10.7. The first-order valence-electron chi connectivity index (χ1n) is 6.41. The van der Waals surface area contributed by atoms with Crippen LogP contribution in [-0.4, -0.2) is 10.7 Å². The van der Waals surface area contributed by atoms with Crippen molar-refractivity contribution in [2.75, 3.05) is 0 Å². The molecule has 4 heteroatoms. The molecule has 1 saturated carbocycles. The summed E-state index contributed by atoms with van der Waals surface area (Å²) in [5.41, 5.74) is 2.10. The summed E-state index contributed by atoms with van der Waals surface area (Å²) in [4.78, 5) is 11.1. The van der Waals surface area contributed by atoms with Crippen LogP contribution >= 0.6 is 0 Å². The average molecular weight is 247 g/mol. The molecule has 0 aromatic heterocycles. The lowest BCUT2D eigenvalue weighted by molar-refractivity contribution is -0.0331. The number of phenolic OH excluding ortho intramolecular Hbond substituents is 1. The van der Waals surface area contributed by atoms with Gasteiger partial charge in [0.15, 0.2) is 0 Å². The molecule has 1 spiro atoms. The van der Waals surface area contributed by atoms with E-state index in [9.17, 15) is 10.0 Å². The van der Waals surface area contributed by atoms with Crippen molar-refractivity contribution in [1.82, 2.24) is 0 Å². The van der Waals surface area contributed by atoms with Crippen LogP contribution < -0.4 is 4.74 Å². The van der Waals surface area contributed by atoms with E-state index in [2.05, 4.69) is 5.18 Å². The Bertz CT molecular complexity index is 520. The Hall–Kier alpha value is -1.58. The zero-order valence-corrected chi connectivity index (χ0v) is 10.7. The van der Waals surface area contributed by atoms with E-state index in [1.54, 1.807) is 0 Å². The molecule has 0 radical (unpaired) electrons. The molecule has 0 amide bonds. The normalized spacial score (nSPS) is 24.0. The second-order valence-electron chi connectivity index (χ2n) is 5.54. The van der Waals surface area contributed by atoms with Gasteiger partial charge in [0.2, 0.25) is 0 Å². The van der Waals surface area contributed by atoms with Gasteiger partial charge in [-0.1, -0.05) is 5.18 Å². The monoisotopic (exact) mass is 247 g/mol. The van der Waals surface area contributed by atoms with Gasteiger partial charge in [-0.15, -0.1) is 0 Å². The lowest BCUT2D eigenvalue weighted by Gasteiger charge is -2.46. The average Bonchev–Trinajstić information content (AvgIpc) is 2.32. The second-order valence-corrected chi connectivity index (χ2v) is 5.54.